The van der Waals surface area contributed by atoms with Crippen LogP contribution in [0.3, 0.4) is 0 Å². The van der Waals surface area contributed by atoms with Gasteiger partial charge >= 0.3 is 0 Å². The molecule has 2 aromatic heterocycles. The molecule has 0 radical (unpaired) electrons. The number of aliphatic hydroxyl groups excluding tert-OH is 1. The van der Waals surface area contributed by atoms with E-state index in [1.165, 1.54) is 11.3 Å². The molecule has 0 saturated heterocycles. The van der Waals surface area contributed by atoms with Crippen molar-refractivity contribution in [3.63, 3.8) is 0 Å². The first-order valence-corrected chi connectivity index (χ1v) is 7.87. The first-order valence-electron chi connectivity index (χ1n) is 6.99. The van der Waals surface area contributed by atoms with E-state index in [0.717, 1.165) is 23.5 Å². The normalized spacial score (nSPS) is 25.1. The molecule has 0 aliphatic heterocycles. The molecule has 2 N–H and O–H groups in total. The van der Waals surface area contributed by atoms with Crippen LogP contribution < -0.4 is 5.32 Å². The van der Waals surface area contributed by atoms with E-state index in [-0.39, 0.29) is 24.4 Å². The molecule has 0 bridgehead atoms. The number of rotatable bonds is 4. The number of hydrogen-bond donors (Lipinski definition) is 2. The van der Waals surface area contributed by atoms with Gasteiger partial charge in [0.15, 0.2) is 0 Å². The lowest BCUT2D eigenvalue weighted by atomic mass is 10.1. The highest BCUT2D eigenvalue weighted by molar-refractivity contribution is 7.09. The molecule has 3 atom stereocenters. The molecule has 0 spiro atoms. The molecule has 1 aliphatic carbocycles. The van der Waals surface area contributed by atoms with E-state index < -0.39 is 6.10 Å². The van der Waals surface area contributed by atoms with Crippen LogP contribution in [0, 0.1) is 6.92 Å². The second-order valence-corrected chi connectivity index (χ2v) is 6.42. The molecule has 112 valence electrons. The fourth-order valence-corrected chi connectivity index (χ4v) is 3.43. The van der Waals surface area contributed by atoms with Gasteiger partial charge in [-0.2, -0.15) is 0 Å². The molecule has 21 heavy (non-hydrogen) atoms. The molecule has 0 aromatic carbocycles. The Morgan fingerprint density at radius 2 is 2.43 bits per heavy atom. The third-order valence-electron chi connectivity index (χ3n) is 3.84. The van der Waals surface area contributed by atoms with Crippen molar-refractivity contribution in [3.8, 4) is 0 Å². The minimum absolute atomic E-state index is 0.0145. The highest BCUT2D eigenvalue weighted by Crippen LogP contribution is 2.30. The predicted molar refractivity (Wildman–Crippen MR) is 79.0 cm³/mol. The summed E-state index contributed by atoms with van der Waals surface area (Å²) in [6, 6.07) is -0.219. The van der Waals surface area contributed by atoms with Gasteiger partial charge in [-0.3, -0.25) is 4.79 Å². The number of amides is 1. The van der Waals surface area contributed by atoms with Gasteiger partial charge in [-0.25, -0.2) is 9.97 Å². The third-order valence-corrected chi connectivity index (χ3v) is 4.66. The van der Waals surface area contributed by atoms with E-state index in [2.05, 4.69) is 15.3 Å². The quantitative estimate of drug-likeness (QED) is 0.885. The molecular weight excluding hydrogens is 288 g/mol. The van der Waals surface area contributed by atoms with Gasteiger partial charge in [0, 0.05) is 17.8 Å². The first-order chi connectivity index (χ1) is 10.1. The van der Waals surface area contributed by atoms with Crippen LogP contribution in [0.5, 0.6) is 0 Å². The summed E-state index contributed by atoms with van der Waals surface area (Å²) < 4.78 is 1.90. The van der Waals surface area contributed by atoms with Crippen molar-refractivity contribution in [2.24, 2.45) is 0 Å². The number of thiazole rings is 1. The minimum atomic E-state index is -0.583. The lowest BCUT2D eigenvalue weighted by Gasteiger charge is -2.21. The van der Waals surface area contributed by atoms with Crippen molar-refractivity contribution in [1.82, 2.24) is 19.9 Å². The number of nitrogens with zero attached hydrogens (tertiary/aromatic N) is 3. The average Bonchev–Trinajstić information content (AvgIpc) is 3.14. The topological polar surface area (TPSA) is 80.0 Å². The van der Waals surface area contributed by atoms with Gasteiger partial charge in [0.05, 0.1) is 41.6 Å². The van der Waals surface area contributed by atoms with Crippen molar-refractivity contribution < 1.29 is 9.90 Å². The number of carbonyl (C=O) groups is 1. The van der Waals surface area contributed by atoms with Crippen LogP contribution >= 0.6 is 11.3 Å². The molecule has 1 fully saturated rings. The fraction of sp³-hybridized carbons (Fsp3) is 0.500. The third kappa shape index (κ3) is 3.14. The number of aliphatic hydroxyl groups is 1. The van der Waals surface area contributed by atoms with Crippen molar-refractivity contribution in [2.75, 3.05) is 0 Å². The van der Waals surface area contributed by atoms with E-state index in [1.807, 2.05) is 23.1 Å². The number of aryl methyl sites for hydroxylation is 1. The maximum Gasteiger partial charge on any atom is 0.226 e. The molecule has 3 rings (SSSR count). The lowest BCUT2D eigenvalue weighted by molar-refractivity contribution is -0.121. The van der Waals surface area contributed by atoms with Crippen molar-refractivity contribution in [3.05, 3.63) is 34.8 Å². The number of carbonyl (C=O) groups excluding carboxylic acids is 1. The van der Waals surface area contributed by atoms with Gasteiger partial charge in [0.2, 0.25) is 5.91 Å². The largest absolute Gasteiger partial charge is 0.389 e. The monoisotopic (exact) mass is 306 g/mol. The van der Waals surface area contributed by atoms with Gasteiger partial charge in [0.1, 0.15) is 0 Å². The van der Waals surface area contributed by atoms with Crippen LogP contribution in [0.1, 0.15) is 29.6 Å². The van der Waals surface area contributed by atoms with Gasteiger partial charge in [-0.15, -0.1) is 11.3 Å². The van der Waals surface area contributed by atoms with Gasteiger partial charge < -0.3 is 15.0 Å². The van der Waals surface area contributed by atoms with E-state index >= 15 is 0 Å². The fourth-order valence-electron chi connectivity index (χ4n) is 2.82. The van der Waals surface area contributed by atoms with Crippen LogP contribution in [0.2, 0.25) is 0 Å². The Morgan fingerprint density at radius 3 is 3.10 bits per heavy atom. The Labute approximate surface area is 126 Å². The van der Waals surface area contributed by atoms with Crippen molar-refractivity contribution in [1.29, 1.82) is 0 Å². The molecule has 7 heteroatoms. The number of hydrogen-bond acceptors (Lipinski definition) is 5. The van der Waals surface area contributed by atoms with E-state index in [4.69, 9.17) is 0 Å². The second-order valence-electron chi connectivity index (χ2n) is 5.35. The minimum Gasteiger partial charge on any atom is -0.389 e. The standard InChI is InChI=1S/C14H18N4O2S/c1-9-16-10(7-21-9)6-13(19)17-11-2-3-12(14(11)20)18-5-4-15-8-18/h4-5,7-8,11-12,14,20H,2-3,6H2,1H3,(H,17,19)/t11-,12-,14-/m1/s1. The second kappa shape index (κ2) is 5.95. The number of nitrogens with one attached hydrogen (secondary N) is 1. The highest BCUT2D eigenvalue weighted by atomic mass is 32.1. The van der Waals surface area contributed by atoms with Gasteiger partial charge in [-0.05, 0) is 19.8 Å². The molecule has 2 aromatic rings. The SMILES string of the molecule is Cc1nc(CC(=O)N[C@@H]2CC[C@@H](n3ccnc3)[C@@H]2O)cs1. The summed E-state index contributed by atoms with van der Waals surface area (Å²) in [6.07, 6.45) is 6.53. The average molecular weight is 306 g/mol. The molecule has 1 saturated carbocycles. The number of aromatic nitrogens is 3. The van der Waals surface area contributed by atoms with Crippen molar-refractivity contribution >= 4 is 17.2 Å². The molecule has 6 nitrogen and oxygen atoms in total. The van der Waals surface area contributed by atoms with Crippen molar-refractivity contribution in [2.45, 2.75) is 44.4 Å². The zero-order valence-electron chi connectivity index (χ0n) is 11.8. The Bertz CT molecular complexity index is 610. The molecule has 1 amide bonds. The zero-order valence-corrected chi connectivity index (χ0v) is 12.6. The lowest BCUT2D eigenvalue weighted by Crippen LogP contribution is -2.42. The molecule has 2 heterocycles. The van der Waals surface area contributed by atoms with Gasteiger partial charge in [-0.1, -0.05) is 0 Å². The number of imidazole rings is 1. The summed E-state index contributed by atoms with van der Waals surface area (Å²) in [5.74, 6) is -0.0874. The smallest absolute Gasteiger partial charge is 0.226 e. The Morgan fingerprint density at radius 1 is 1.57 bits per heavy atom. The zero-order chi connectivity index (χ0) is 14.8. The summed E-state index contributed by atoms with van der Waals surface area (Å²) >= 11 is 1.54. The van der Waals surface area contributed by atoms with Crippen LogP contribution in [0.4, 0.5) is 0 Å². The molecule has 1 aliphatic rings. The summed E-state index contributed by atoms with van der Waals surface area (Å²) in [4.78, 5) is 20.3. The Balaban J connectivity index is 1.57. The summed E-state index contributed by atoms with van der Waals surface area (Å²) in [5, 5.41) is 16.1. The summed E-state index contributed by atoms with van der Waals surface area (Å²) in [5.41, 5.74) is 0.786. The predicted octanol–water partition coefficient (Wildman–Crippen LogP) is 1.07. The summed E-state index contributed by atoms with van der Waals surface area (Å²) in [6.45, 7) is 1.92. The highest BCUT2D eigenvalue weighted by Gasteiger charge is 2.36. The Kier molecular flexibility index (Phi) is 4.03. The van der Waals surface area contributed by atoms with Crippen LogP contribution in [0.25, 0.3) is 0 Å². The van der Waals surface area contributed by atoms with E-state index in [9.17, 15) is 9.90 Å². The molecule has 0 unspecified atom stereocenters. The van der Waals surface area contributed by atoms with Crippen LogP contribution in [0.15, 0.2) is 24.1 Å². The van der Waals surface area contributed by atoms with Crippen LogP contribution in [-0.2, 0) is 11.2 Å². The maximum atomic E-state index is 12.0. The maximum absolute atomic E-state index is 12.0. The van der Waals surface area contributed by atoms with Crippen LogP contribution in [-0.4, -0.2) is 37.7 Å². The van der Waals surface area contributed by atoms with E-state index in [0.29, 0.717) is 0 Å². The Hall–Kier alpha value is -1.73. The van der Waals surface area contributed by atoms with E-state index in [1.54, 1.807) is 12.5 Å². The first kappa shape index (κ1) is 14.2. The van der Waals surface area contributed by atoms with Gasteiger partial charge in [0.25, 0.3) is 0 Å². The summed E-state index contributed by atoms with van der Waals surface area (Å²) in [7, 11) is 0. The molecular formula is C14H18N4O2S.